The van der Waals surface area contributed by atoms with Crippen molar-refractivity contribution in [3.05, 3.63) is 23.3 Å². The van der Waals surface area contributed by atoms with E-state index in [4.69, 9.17) is 14.9 Å². The highest BCUT2D eigenvalue weighted by atomic mass is 31.2. The minimum Gasteiger partial charge on any atom is -0.389 e. The molecule has 0 radical (unpaired) electrons. The van der Waals surface area contributed by atoms with Crippen LogP contribution in [0.1, 0.15) is 52.9 Å². The van der Waals surface area contributed by atoms with Gasteiger partial charge in [0.15, 0.2) is 0 Å². The van der Waals surface area contributed by atoms with E-state index in [9.17, 15) is 9.13 Å². The molecule has 0 aromatic heterocycles. The molecule has 21 heavy (non-hydrogen) atoms. The fourth-order valence-electron chi connectivity index (χ4n) is 1.97. The summed E-state index contributed by atoms with van der Waals surface area (Å²) >= 11 is 0. The summed E-state index contributed by atoms with van der Waals surface area (Å²) < 4.78 is 22.8. The molecule has 0 spiro atoms. The lowest BCUT2D eigenvalue weighted by molar-refractivity contribution is 0.350. The number of aliphatic hydroxyl groups is 1. The molecule has 2 atom stereocenters. The molecule has 0 aromatic rings. The molecule has 0 fully saturated rings. The molecular weight excluding hydrogens is 310 g/mol. The van der Waals surface area contributed by atoms with Crippen LogP contribution < -0.4 is 0 Å². The third-order valence-corrected chi connectivity index (χ3v) is 7.49. The van der Waals surface area contributed by atoms with Gasteiger partial charge in [0.2, 0.25) is 0 Å². The van der Waals surface area contributed by atoms with Crippen LogP contribution in [-0.2, 0) is 9.13 Å². The van der Waals surface area contributed by atoms with Gasteiger partial charge in [-0.05, 0) is 52.9 Å². The Labute approximate surface area is 128 Å². The molecule has 5 nitrogen and oxygen atoms in total. The van der Waals surface area contributed by atoms with Crippen LogP contribution in [0.15, 0.2) is 23.3 Å². The topological polar surface area (TPSA) is 94.8 Å². The molecular formula is C14H28O5P2. The van der Waals surface area contributed by atoms with Crippen molar-refractivity contribution in [1.82, 2.24) is 0 Å². The predicted molar refractivity (Wildman–Crippen MR) is 88.2 cm³/mol. The van der Waals surface area contributed by atoms with Crippen molar-refractivity contribution in [2.24, 2.45) is 0 Å². The molecule has 7 heteroatoms. The van der Waals surface area contributed by atoms with Crippen LogP contribution in [0, 0.1) is 0 Å². The molecule has 0 bridgehead atoms. The SMILES string of the molecule is CC(C)=CCC/C(C)=C/CCCC([PH](=O)CO)P(=O)(O)O. The number of unbranched alkanes of at least 4 members (excludes halogenated alkanes) is 1. The van der Waals surface area contributed by atoms with Crippen molar-refractivity contribution < 1.29 is 24.0 Å². The Morgan fingerprint density at radius 1 is 1.19 bits per heavy atom. The normalized spacial score (nSPS) is 15.6. The number of hydrogen-bond donors (Lipinski definition) is 3. The van der Waals surface area contributed by atoms with Crippen LogP contribution in [-0.4, -0.2) is 26.6 Å². The van der Waals surface area contributed by atoms with Gasteiger partial charge in [0, 0.05) is 0 Å². The van der Waals surface area contributed by atoms with Gasteiger partial charge in [-0.3, -0.25) is 4.57 Å². The maximum absolute atomic E-state index is 11.5. The van der Waals surface area contributed by atoms with Gasteiger partial charge in [0.05, 0.1) is 6.35 Å². The first-order chi connectivity index (χ1) is 9.68. The van der Waals surface area contributed by atoms with Crippen molar-refractivity contribution in [2.75, 3.05) is 6.35 Å². The fourth-order valence-corrected chi connectivity index (χ4v) is 4.97. The van der Waals surface area contributed by atoms with Crippen LogP contribution in [0.3, 0.4) is 0 Å². The maximum Gasteiger partial charge on any atom is 0.335 e. The molecule has 0 heterocycles. The predicted octanol–water partition coefficient (Wildman–Crippen LogP) is 3.86. The minimum atomic E-state index is -4.40. The largest absolute Gasteiger partial charge is 0.389 e. The average Bonchev–Trinajstić information content (AvgIpc) is 2.35. The Kier molecular flexibility index (Phi) is 10.4. The molecule has 0 rings (SSSR count). The van der Waals surface area contributed by atoms with Crippen molar-refractivity contribution in [3.8, 4) is 0 Å². The number of allylic oxidation sites excluding steroid dienone is 4. The van der Waals surface area contributed by atoms with Crippen LogP contribution in [0.5, 0.6) is 0 Å². The molecule has 2 unspecified atom stereocenters. The summed E-state index contributed by atoms with van der Waals surface area (Å²) in [5.74, 6) is 0. The molecule has 0 aromatic carbocycles. The van der Waals surface area contributed by atoms with Gasteiger partial charge in [-0.15, -0.1) is 0 Å². The lowest BCUT2D eigenvalue weighted by Crippen LogP contribution is -2.05. The molecule has 0 aliphatic carbocycles. The van der Waals surface area contributed by atoms with Crippen molar-refractivity contribution in [1.29, 1.82) is 0 Å². The van der Waals surface area contributed by atoms with E-state index in [1.54, 1.807) is 0 Å². The highest BCUT2D eigenvalue weighted by molar-refractivity contribution is 7.67. The van der Waals surface area contributed by atoms with E-state index in [1.165, 1.54) is 11.1 Å². The minimum absolute atomic E-state index is 0.181. The molecule has 0 aliphatic rings. The van der Waals surface area contributed by atoms with Crippen LogP contribution in [0.2, 0.25) is 0 Å². The smallest absolute Gasteiger partial charge is 0.335 e. The Hall–Kier alpha value is -0.180. The Balaban J connectivity index is 4.24. The molecule has 124 valence electrons. The monoisotopic (exact) mass is 338 g/mol. The summed E-state index contributed by atoms with van der Waals surface area (Å²) in [7, 11) is -7.03. The number of aliphatic hydroxyl groups excluding tert-OH is 1. The summed E-state index contributed by atoms with van der Waals surface area (Å²) in [5, 5.41) is 7.64. The first kappa shape index (κ1) is 20.8. The van der Waals surface area contributed by atoms with E-state index < -0.39 is 27.1 Å². The second-order valence-electron chi connectivity index (χ2n) is 5.53. The van der Waals surface area contributed by atoms with Gasteiger partial charge in [0.1, 0.15) is 13.2 Å². The molecule has 0 amide bonds. The molecule has 0 saturated carbocycles. The maximum atomic E-state index is 11.5. The Bertz CT molecular complexity index is 433. The molecule has 3 N–H and O–H groups in total. The zero-order chi connectivity index (χ0) is 16.5. The third kappa shape index (κ3) is 10.2. The van der Waals surface area contributed by atoms with Gasteiger partial charge >= 0.3 is 7.60 Å². The van der Waals surface area contributed by atoms with Crippen molar-refractivity contribution in [2.45, 2.75) is 58.3 Å². The second-order valence-corrected chi connectivity index (χ2v) is 9.76. The molecule has 0 aliphatic heterocycles. The fraction of sp³-hybridized carbons (Fsp3) is 0.714. The van der Waals surface area contributed by atoms with Gasteiger partial charge in [-0.25, -0.2) is 0 Å². The lowest BCUT2D eigenvalue weighted by atomic mass is 10.1. The highest BCUT2D eigenvalue weighted by Crippen LogP contribution is 2.55. The van der Waals surface area contributed by atoms with Gasteiger partial charge in [-0.2, -0.15) is 0 Å². The van der Waals surface area contributed by atoms with E-state index >= 15 is 0 Å². The number of rotatable bonds is 10. The van der Waals surface area contributed by atoms with Crippen molar-refractivity contribution in [3.63, 3.8) is 0 Å². The summed E-state index contributed by atoms with van der Waals surface area (Å²) in [4.78, 5) is 18.3. The Morgan fingerprint density at radius 2 is 1.81 bits per heavy atom. The summed E-state index contributed by atoms with van der Waals surface area (Å²) in [6, 6.07) is 0. The van der Waals surface area contributed by atoms with Crippen LogP contribution in [0.25, 0.3) is 0 Å². The first-order valence-corrected chi connectivity index (χ1v) is 10.5. The third-order valence-electron chi connectivity index (χ3n) is 3.20. The van der Waals surface area contributed by atoms with Gasteiger partial charge in [-0.1, -0.05) is 23.3 Å². The van der Waals surface area contributed by atoms with Gasteiger partial charge in [0.25, 0.3) is 0 Å². The summed E-state index contributed by atoms with van der Waals surface area (Å²) in [6.45, 7) is 6.16. The summed E-state index contributed by atoms with van der Waals surface area (Å²) in [5.41, 5.74) is 2.54. The summed E-state index contributed by atoms with van der Waals surface area (Å²) in [6.07, 6.45) is 7.01. The van der Waals surface area contributed by atoms with E-state index in [1.807, 2.05) is 6.92 Å². The van der Waals surface area contributed by atoms with Crippen molar-refractivity contribution >= 4 is 15.4 Å². The first-order valence-electron chi connectivity index (χ1n) is 7.16. The van der Waals surface area contributed by atoms with Crippen LogP contribution >= 0.6 is 15.4 Å². The zero-order valence-corrected chi connectivity index (χ0v) is 15.0. The average molecular weight is 338 g/mol. The van der Waals surface area contributed by atoms with Gasteiger partial charge < -0.3 is 19.5 Å². The van der Waals surface area contributed by atoms with E-state index in [2.05, 4.69) is 26.0 Å². The van der Waals surface area contributed by atoms with E-state index in [-0.39, 0.29) is 6.42 Å². The lowest BCUT2D eigenvalue weighted by Gasteiger charge is -2.16. The Morgan fingerprint density at radius 3 is 2.29 bits per heavy atom. The second kappa shape index (κ2) is 10.5. The van der Waals surface area contributed by atoms with E-state index in [0.717, 1.165) is 12.8 Å². The standard InChI is InChI=1S/C14H28O5P2/c1-12(2)7-6-9-13(3)8-4-5-10-14(20(16)11-15)21(17,18)19/h7-8,14-15,20H,4-6,9-11H2,1-3H3,(H2,17,18,19)/b13-8+. The number of hydrogen-bond acceptors (Lipinski definition) is 3. The van der Waals surface area contributed by atoms with E-state index in [0.29, 0.717) is 12.8 Å². The zero-order valence-electron chi connectivity index (χ0n) is 13.1. The highest BCUT2D eigenvalue weighted by Gasteiger charge is 2.32. The molecule has 0 saturated heterocycles. The quantitative estimate of drug-likeness (QED) is 0.319. The van der Waals surface area contributed by atoms with Crippen LogP contribution in [0.4, 0.5) is 0 Å².